The zero-order chi connectivity index (χ0) is 13.0. The van der Waals surface area contributed by atoms with Crippen molar-refractivity contribution in [2.75, 3.05) is 38.2 Å². The fourth-order valence-electron chi connectivity index (χ4n) is 2.09. The Morgan fingerprint density at radius 3 is 3.00 bits per heavy atom. The lowest BCUT2D eigenvalue weighted by atomic mass is 10.2. The molecule has 2 rings (SSSR count). The molecule has 1 N–H and O–H groups in total. The van der Waals surface area contributed by atoms with E-state index in [1.54, 1.807) is 0 Å². The molecule has 1 fully saturated rings. The molecule has 0 bridgehead atoms. The van der Waals surface area contributed by atoms with Crippen molar-refractivity contribution in [3.8, 4) is 0 Å². The third kappa shape index (κ3) is 3.61. The Labute approximate surface area is 114 Å². The zero-order valence-electron chi connectivity index (χ0n) is 11.1. The molecule has 100 valence electrons. The second-order valence-corrected chi connectivity index (χ2v) is 5.25. The third-order valence-electron chi connectivity index (χ3n) is 3.39. The number of halogens is 1. The van der Waals surface area contributed by atoms with Crippen LogP contribution in [0.3, 0.4) is 0 Å². The topological polar surface area (TPSA) is 24.5 Å². The van der Waals surface area contributed by atoms with Gasteiger partial charge in [0.1, 0.15) is 0 Å². The molecular formula is C14H21ClN2O. The first kappa shape index (κ1) is 13.7. The molecule has 1 heterocycles. The van der Waals surface area contributed by atoms with Crippen molar-refractivity contribution in [2.24, 2.45) is 0 Å². The molecule has 0 spiro atoms. The summed E-state index contributed by atoms with van der Waals surface area (Å²) in [6, 6.07) is 6.20. The van der Waals surface area contributed by atoms with Gasteiger partial charge in [-0.25, -0.2) is 0 Å². The number of nitrogens with zero attached hydrogens (tertiary/aromatic N) is 1. The average molecular weight is 269 g/mol. The Balaban J connectivity index is 1.86. The number of hydrogen-bond acceptors (Lipinski definition) is 3. The highest BCUT2D eigenvalue weighted by Crippen LogP contribution is 2.22. The lowest BCUT2D eigenvalue weighted by Gasteiger charge is -2.27. The first-order valence-electron chi connectivity index (χ1n) is 6.46. The summed E-state index contributed by atoms with van der Waals surface area (Å²) in [5.74, 6) is 0. The van der Waals surface area contributed by atoms with Gasteiger partial charge in [0.2, 0.25) is 0 Å². The van der Waals surface area contributed by atoms with Gasteiger partial charge in [-0.1, -0.05) is 17.7 Å². The predicted molar refractivity (Wildman–Crippen MR) is 76.7 cm³/mol. The summed E-state index contributed by atoms with van der Waals surface area (Å²) in [5, 5.41) is 4.18. The van der Waals surface area contributed by atoms with E-state index < -0.39 is 0 Å². The van der Waals surface area contributed by atoms with E-state index in [2.05, 4.69) is 29.4 Å². The Morgan fingerprint density at radius 2 is 2.33 bits per heavy atom. The third-order valence-corrected chi connectivity index (χ3v) is 3.79. The molecule has 0 aliphatic carbocycles. The number of anilines is 1. The molecule has 3 nitrogen and oxygen atoms in total. The van der Waals surface area contributed by atoms with Crippen LogP contribution in [0.5, 0.6) is 0 Å². The molecule has 1 aliphatic heterocycles. The summed E-state index contributed by atoms with van der Waals surface area (Å²) in [6.07, 6.45) is 1.37. The van der Waals surface area contributed by atoms with Gasteiger partial charge < -0.3 is 15.0 Å². The molecule has 1 saturated heterocycles. The van der Waals surface area contributed by atoms with Gasteiger partial charge in [0.15, 0.2) is 0 Å². The lowest BCUT2D eigenvalue weighted by molar-refractivity contribution is 0.0250. The molecule has 1 aromatic rings. The minimum Gasteiger partial charge on any atom is -0.376 e. The van der Waals surface area contributed by atoms with Crippen molar-refractivity contribution in [1.82, 2.24) is 5.32 Å². The van der Waals surface area contributed by atoms with Crippen molar-refractivity contribution in [1.29, 1.82) is 0 Å². The molecule has 0 aromatic heterocycles. The SMILES string of the molecule is Cc1ccc(N(C)CCC2CNCCO2)cc1Cl. The van der Waals surface area contributed by atoms with Gasteiger partial charge in [0, 0.05) is 37.4 Å². The summed E-state index contributed by atoms with van der Waals surface area (Å²) in [6.45, 7) is 5.76. The summed E-state index contributed by atoms with van der Waals surface area (Å²) in [4.78, 5) is 2.23. The van der Waals surface area contributed by atoms with Crippen LogP contribution in [-0.4, -0.2) is 39.4 Å². The van der Waals surface area contributed by atoms with Crippen molar-refractivity contribution < 1.29 is 4.74 Å². The maximum absolute atomic E-state index is 6.15. The monoisotopic (exact) mass is 268 g/mol. The maximum Gasteiger partial charge on any atom is 0.0716 e. The summed E-state index contributed by atoms with van der Waals surface area (Å²) in [7, 11) is 2.09. The molecule has 18 heavy (non-hydrogen) atoms. The van der Waals surface area contributed by atoms with Crippen LogP contribution in [0.2, 0.25) is 5.02 Å². The first-order valence-corrected chi connectivity index (χ1v) is 6.84. The quantitative estimate of drug-likeness (QED) is 0.908. The van der Waals surface area contributed by atoms with Crippen molar-refractivity contribution in [3.05, 3.63) is 28.8 Å². The Bertz CT molecular complexity index is 391. The van der Waals surface area contributed by atoms with Crippen molar-refractivity contribution in [2.45, 2.75) is 19.4 Å². The predicted octanol–water partition coefficient (Wildman–Crippen LogP) is 2.46. The standard InChI is InChI=1S/C14H21ClN2O/c1-11-3-4-12(9-14(11)15)17(2)7-5-13-10-16-6-8-18-13/h3-4,9,13,16H,5-8,10H2,1-2H3. The van der Waals surface area contributed by atoms with E-state index in [-0.39, 0.29) is 0 Å². The number of nitrogens with one attached hydrogen (secondary N) is 1. The van der Waals surface area contributed by atoms with E-state index in [1.807, 2.05) is 13.0 Å². The average Bonchev–Trinajstić information content (AvgIpc) is 2.40. The number of aryl methyl sites for hydroxylation is 1. The fraction of sp³-hybridized carbons (Fsp3) is 0.571. The zero-order valence-corrected chi connectivity index (χ0v) is 11.8. The van der Waals surface area contributed by atoms with Gasteiger partial charge in [-0.2, -0.15) is 0 Å². The number of morpholine rings is 1. The van der Waals surface area contributed by atoms with E-state index in [1.165, 1.54) is 0 Å². The highest BCUT2D eigenvalue weighted by molar-refractivity contribution is 6.31. The highest BCUT2D eigenvalue weighted by Gasteiger charge is 2.14. The van der Waals surface area contributed by atoms with Crippen LogP contribution >= 0.6 is 11.6 Å². The molecule has 0 saturated carbocycles. The Kier molecular flexibility index (Phi) is 4.87. The number of hydrogen-bond donors (Lipinski definition) is 1. The summed E-state index contributed by atoms with van der Waals surface area (Å²) < 4.78 is 5.69. The molecule has 4 heteroatoms. The fourth-order valence-corrected chi connectivity index (χ4v) is 2.27. The van der Waals surface area contributed by atoms with Crippen LogP contribution in [0, 0.1) is 6.92 Å². The summed E-state index contributed by atoms with van der Waals surface area (Å²) >= 11 is 6.15. The van der Waals surface area contributed by atoms with Gasteiger partial charge in [-0.05, 0) is 31.0 Å². The number of rotatable bonds is 4. The van der Waals surface area contributed by atoms with Crippen LogP contribution in [0.4, 0.5) is 5.69 Å². The van der Waals surface area contributed by atoms with E-state index in [0.717, 1.165) is 48.9 Å². The molecule has 0 amide bonds. The van der Waals surface area contributed by atoms with Gasteiger partial charge in [-0.3, -0.25) is 0 Å². The normalized spacial score (nSPS) is 19.8. The van der Waals surface area contributed by atoms with Gasteiger partial charge in [0.05, 0.1) is 12.7 Å². The van der Waals surface area contributed by atoms with Gasteiger partial charge in [0.25, 0.3) is 0 Å². The largest absolute Gasteiger partial charge is 0.376 e. The van der Waals surface area contributed by atoms with Crippen LogP contribution < -0.4 is 10.2 Å². The molecule has 1 atom stereocenters. The smallest absolute Gasteiger partial charge is 0.0716 e. The van der Waals surface area contributed by atoms with E-state index in [0.29, 0.717) is 6.10 Å². The van der Waals surface area contributed by atoms with Crippen LogP contribution in [-0.2, 0) is 4.74 Å². The molecule has 1 aliphatic rings. The van der Waals surface area contributed by atoms with Gasteiger partial charge in [-0.15, -0.1) is 0 Å². The number of benzene rings is 1. The summed E-state index contributed by atoms with van der Waals surface area (Å²) in [5.41, 5.74) is 2.28. The Morgan fingerprint density at radius 1 is 1.50 bits per heavy atom. The van der Waals surface area contributed by atoms with E-state index in [4.69, 9.17) is 16.3 Å². The van der Waals surface area contributed by atoms with Crippen LogP contribution in [0.1, 0.15) is 12.0 Å². The Hall–Kier alpha value is -0.770. The van der Waals surface area contributed by atoms with Crippen LogP contribution in [0.15, 0.2) is 18.2 Å². The maximum atomic E-state index is 6.15. The second kappa shape index (κ2) is 6.41. The lowest BCUT2D eigenvalue weighted by Crippen LogP contribution is -2.40. The molecule has 0 radical (unpaired) electrons. The van der Waals surface area contributed by atoms with E-state index >= 15 is 0 Å². The first-order chi connectivity index (χ1) is 8.66. The van der Waals surface area contributed by atoms with Crippen molar-refractivity contribution >= 4 is 17.3 Å². The van der Waals surface area contributed by atoms with Crippen molar-refractivity contribution in [3.63, 3.8) is 0 Å². The number of ether oxygens (including phenoxy) is 1. The minimum atomic E-state index is 0.335. The molecular weight excluding hydrogens is 248 g/mol. The minimum absolute atomic E-state index is 0.335. The van der Waals surface area contributed by atoms with Gasteiger partial charge >= 0.3 is 0 Å². The van der Waals surface area contributed by atoms with Crippen LogP contribution in [0.25, 0.3) is 0 Å². The second-order valence-electron chi connectivity index (χ2n) is 4.84. The molecule has 1 aromatic carbocycles. The molecule has 1 unspecified atom stereocenters. The highest BCUT2D eigenvalue weighted by atomic mass is 35.5. The van der Waals surface area contributed by atoms with E-state index in [9.17, 15) is 0 Å².